The first kappa shape index (κ1) is 31.2. The Labute approximate surface area is 236 Å². The number of carbonyl (C=O) groups excluding carboxylic acids is 1. The minimum atomic E-state index is -5.08. The zero-order valence-corrected chi connectivity index (χ0v) is 23.2. The number of hydrogen-bond donors (Lipinski definition) is 2. The number of likely N-dealkylation sites (N-methyl/N-ethyl adjacent to an activating group) is 1. The zero-order valence-electron chi connectivity index (χ0n) is 21.7. The van der Waals surface area contributed by atoms with E-state index in [2.05, 4.69) is 10.3 Å². The fourth-order valence-electron chi connectivity index (χ4n) is 4.14. The topological polar surface area (TPSA) is 69.1 Å². The summed E-state index contributed by atoms with van der Waals surface area (Å²) in [7, 11) is 1.32. The molecule has 3 rings (SSSR count). The molecule has 0 saturated carbocycles. The second-order valence-corrected chi connectivity index (χ2v) is 10.2. The van der Waals surface area contributed by atoms with E-state index in [0.29, 0.717) is 35.6 Å². The molecule has 3 aromatic rings. The lowest BCUT2D eigenvalue weighted by molar-refractivity contribution is -0.143. The number of nitrogens with one attached hydrogen (secondary N) is 2. The molecule has 2 aromatic carbocycles. The van der Waals surface area contributed by atoms with Gasteiger partial charge in [-0.15, -0.1) is 0 Å². The van der Waals surface area contributed by atoms with Crippen LogP contribution in [0.3, 0.4) is 0 Å². The van der Waals surface area contributed by atoms with Gasteiger partial charge in [-0.25, -0.2) is 4.98 Å². The normalized spacial score (nSPS) is 12.3. The van der Waals surface area contributed by atoms with Gasteiger partial charge in [-0.2, -0.15) is 26.3 Å². The van der Waals surface area contributed by atoms with Crippen molar-refractivity contribution in [2.75, 3.05) is 23.8 Å². The van der Waals surface area contributed by atoms with Crippen LogP contribution >= 0.6 is 23.2 Å². The molecule has 0 spiro atoms. The van der Waals surface area contributed by atoms with E-state index in [0.717, 1.165) is 11.1 Å². The zero-order chi connectivity index (χ0) is 30.2. The highest BCUT2D eigenvalue weighted by molar-refractivity contribution is 6.42. The Bertz CT molecular complexity index is 1420. The molecular formula is C27H24Cl2F6N4O. The summed E-state index contributed by atoms with van der Waals surface area (Å²) in [5.41, 5.74) is -4.21. The van der Waals surface area contributed by atoms with Gasteiger partial charge in [0.2, 0.25) is 5.91 Å². The van der Waals surface area contributed by atoms with Crippen molar-refractivity contribution in [1.29, 1.82) is 5.41 Å². The van der Waals surface area contributed by atoms with E-state index < -0.39 is 40.4 Å². The number of amides is 1. The number of rotatable bonds is 7. The first-order chi connectivity index (χ1) is 18.4. The monoisotopic (exact) mass is 604 g/mol. The molecule has 1 amide bonds. The van der Waals surface area contributed by atoms with Crippen molar-refractivity contribution in [2.45, 2.75) is 38.5 Å². The van der Waals surface area contributed by atoms with Crippen molar-refractivity contribution in [3.8, 4) is 11.1 Å². The molecular weight excluding hydrogens is 581 g/mol. The van der Waals surface area contributed by atoms with E-state index in [1.807, 2.05) is 6.92 Å². The van der Waals surface area contributed by atoms with Crippen LogP contribution in [0.15, 0.2) is 42.6 Å². The van der Waals surface area contributed by atoms with E-state index in [-0.39, 0.29) is 27.4 Å². The van der Waals surface area contributed by atoms with E-state index in [1.54, 1.807) is 6.07 Å². The number of hydrogen-bond acceptors (Lipinski definition) is 4. The molecule has 0 bridgehead atoms. The number of pyridine rings is 1. The summed E-state index contributed by atoms with van der Waals surface area (Å²) in [5.74, 6) is -0.509. The average Bonchev–Trinajstić information content (AvgIpc) is 2.88. The Hall–Kier alpha value is -3.31. The van der Waals surface area contributed by atoms with Gasteiger partial charge in [-0.1, -0.05) is 29.3 Å². The molecule has 5 nitrogen and oxygen atoms in total. The molecule has 0 aliphatic heterocycles. The van der Waals surface area contributed by atoms with E-state index >= 15 is 0 Å². The van der Waals surface area contributed by atoms with Crippen molar-refractivity contribution in [3.63, 3.8) is 0 Å². The summed E-state index contributed by atoms with van der Waals surface area (Å²) in [4.78, 5) is 19.2. The molecule has 40 heavy (non-hydrogen) atoms. The molecule has 1 aromatic heterocycles. The number of halogens is 8. The van der Waals surface area contributed by atoms with E-state index in [9.17, 15) is 31.1 Å². The largest absolute Gasteiger partial charge is 0.416 e. The Morgan fingerprint density at radius 2 is 1.52 bits per heavy atom. The third-order valence-electron chi connectivity index (χ3n) is 6.30. The smallest absolute Gasteiger partial charge is 0.370 e. The van der Waals surface area contributed by atoms with Crippen LogP contribution in [0, 0.1) is 5.41 Å². The molecule has 0 saturated heterocycles. The van der Waals surface area contributed by atoms with Crippen molar-refractivity contribution in [3.05, 3.63) is 74.9 Å². The molecule has 0 aliphatic carbocycles. The van der Waals surface area contributed by atoms with Crippen molar-refractivity contribution in [1.82, 2.24) is 4.98 Å². The minimum absolute atomic E-state index is 0.00981. The summed E-state index contributed by atoms with van der Waals surface area (Å²) < 4.78 is 81.1. The van der Waals surface area contributed by atoms with Gasteiger partial charge in [0, 0.05) is 30.9 Å². The van der Waals surface area contributed by atoms with Gasteiger partial charge in [0.25, 0.3) is 0 Å². The molecule has 0 radical (unpaired) electrons. The number of benzene rings is 2. The Kier molecular flexibility index (Phi) is 8.81. The van der Waals surface area contributed by atoms with Crippen LogP contribution in [0.2, 0.25) is 10.0 Å². The Balaban J connectivity index is 2.23. The maximum absolute atomic E-state index is 13.8. The standard InChI is InChI=1S/C27H24Cl2F6N4O/c1-5-37-23-18(12-36)22(14-6-7-19(28)20(29)8-14)21(13-38-23)39(4)24(40)25(2,3)15-9-16(26(30,31)32)11-17(10-15)27(33,34)35/h6-13,36H,5H2,1-4H3,(H,37,38). The van der Waals surface area contributed by atoms with Gasteiger partial charge in [-0.3, -0.25) is 4.79 Å². The van der Waals surface area contributed by atoms with Crippen LogP contribution in [-0.2, 0) is 22.6 Å². The van der Waals surface area contributed by atoms with Crippen LogP contribution in [0.1, 0.15) is 43.0 Å². The van der Waals surface area contributed by atoms with Gasteiger partial charge < -0.3 is 15.6 Å². The maximum Gasteiger partial charge on any atom is 0.416 e. The fourth-order valence-corrected chi connectivity index (χ4v) is 4.44. The van der Waals surface area contributed by atoms with E-state index in [4.69, 9.17) is 28.6 Å². The third kappa shape index (κ3) is 6.20. The summed E-state index contributed by atoms with van der Waals surface area (Å²) in [6, 6.07) is 5.71. The molecule has 13 heteroatoms. The molecule has 0 aliphatic rings. The molecule has 0 unspecified atom stereocenters. The molecule has 214 valence electrons. The first-order valence-corrected chi connectivity index (χ1v) is 12.5. The van der Waals surface area contributed by atoms with Crippen molar-refractivity contribution < 1.29 is 31.1 Å². The quantitative estimate of drug-likeness (QED) is 0.210. The molecule has 0 atom stereocenters. The Morgan fingerprint density at radius 1 is 0.975 bits per heavy atom. The van der Waals surface area contributed by atoms with Crippen molar-refractivity contribution in [2.24, 2.45) is 0 Å². The first-order valence-electron chi connectivity index (χ1n) is 11.7. The number of nitrogens with zero attached hydrogens (tertiary/aromatic N) is 2. The number of carbonyl (C=O) groups is 1. The third-order valence-corrected chi connectivity index (χ3v) is 7.04. The van der Waals surface area contributed by atoms with Crippen LogP contribution in [0.4, 0.5) is 37.8 Å². The minimum Gasteiger partial charge on any atom is -0.370 e. The van der Waals surface area contributed by atoms with Gasteiger partial charge in [-0.05, 0) is 62.2 Å². The average molecular weight is 605 g/mol. The summed E-state index contributed by atoms with van der Waals surface area (Å²) in [6.07, 6.45) is -7.82. The highest BCUT2D eigenvalue weighted by Crippen LogP contribution is 2.42. The Morgan fingerprint density at radius 3 is 2.00 bits per heavy atom. The second kappa shape index (κ2) is 11.3. The lowest BCUT2D eigenvalue weighted by atomic mass is 9.81. The van der Waals surface area contributed by atoms with Gasteiger partial charge in [0.1, 0.15) is 5.82 Å². The maximum atomic E-state index is 13.8. The van der Waals surface area contributed by atoms with Gasteiger partial charge in [0.05, 0.1) is 38.5 Å². The van der Waals surface area contributed by atoms with E-state index in [1.165, 1.54) is 39.2 Å². The summed E-state index contributed by atoms with van der Waals surface area (Å²) >= 11 is 12.3. The molecule has 2 N–H and O–H groups in total. The SMILES string of the molecule is CCNc1ncc(N(C)C(=O)C(C)(C)c2cc(C(F)(F)F)cc(C(F)(F)F)c2)c(-c2ccc(Cl)c(Cl)c2)c1C=N. The van der Waals surface area contributed by atoms with Gasteiger partial charge >= 0.3 is 12.4 Å². The van der Waals surface area contributed by atoms with Crippen LogP contribution in [0.5, 0.6) is 0 Å². The number of anilines is 2. The molecule has 1 heterocycles. The van der Waals surface area contributed by atoms with Crippen LogP contribution in [0.25, 0.3) is 11.1 Å². The second-order valence-electron chi connectivity index (χ2n) is 9.37. The van der Waals surface area contributed by atoms with Crippen LogP contribution < -0.4 is 10.2 Å². The number of aromatic nitrogens is 1. The lowest BCUT2D eigenvalue weighted by Crippen LogP contribution is -2.42. The summed E-state index contributed by atoms with van der Waals surface area (Å²) in [5, 5.41) is 11.5. The van der Waals surface area contributed by atoms with Crippen molar-refractivity contribution >= 4 is 46.8 Å². The van der Waals surface area contributed by atoms with Crippen LogP contribution in [-0.4, -0.2) is 30.7 Å². The fraction of sp³-hybridized carbons (Fsp3) is 0.296. The van der Waals surface area contributed by atoms with Gasteiger partial charge in [0.15, 0.2) is 0 Å². The lowest BCUT2D eigenvalue weighted by Gasteiger charge is -2.32. The molecule has 0 fully saturated rings. The summed E-state index contributed by atoms with van der Waals surface area (Å²) in [6.45, 7) is 4.73. The number of alkyl halides is 6. The highest BCUT2D eigenvalue weighted by atomic mass is 35.5. The highest BCUT2D eigenvalue weighted by Gasteiger charge is 2.41. The predicted octanol–water partition coefficient (Wildman–Crippen LogP) is 8.46. The predicted molar refractivity (Wildman–Crippen MR) is 145 cm³/mol.